The van der Waals surface area contributed by atoms with Crippen molar-refractivity contribution >= 4 is 15.7 Å². The Bertz CT molecular complexity index is 911. The van der Waals surface area contributed by atoms with Gasteiger partial charge in [0.1, 0.15) is 0 Å². The summed E-state index contributed by atoms with van der Waals surface area (Å²) in [4.78, 5) is 16.8. The molecule has 0 bridgehead atoms. The van der Waals surface area contributed by atoms with Crippen LogP contribution in [0.15, 0.2) is 36.5 Å². The first-order valence-electron chi connectivity index (χ1n) is 8.72. The third-order valence-electron chi connectivity index (χ3n) is 5.19. The van der Waals surface area contributed by atoms with Gasteiger partial charge in [-0.3, -0.25) is 9.69 Å². The molecule has 0 N–H and O–H groups in total. The summed E-state index contributed by atoms with van der Waals surface area (Å²) in [6, 6.07) is 8.98. The first-order valence-corrected chi connectivity index (χ1v) is 10.5. The highest BCUT2D eigenvalue weighted by Gasteiger charge is 2.48. The van der Waals surface area contributed by atoms with Crippen molar-refractivity contribution in [3.05, 3.63) is 42.2 Å². The van der Waals surface area contributed by atoms with Crippen LogP contribution >= 0.6 is 0 Å². The van der Waals surface area contributed by atoms with Gasteiger partial charge in [-0.2, -0.15) is 0 Å². The molecule has 0 unspecified atom stereocenters. The van der Waals surface area contributed by atoms with E-state index in [-0.39, 0.29) is 35.2 Å². The molecule has 0 aliphatic carbocycles. The lowest BCUT2D eigenvalue weighted by Gasteiger charge is -2.43. The maximum absolute atomic E-state index is 13.0. The Labute approximate surface area is 152 Å². The molecule has 26 heavy (non-hydrogen) atoms. The van der Waals surface area contributed by atoms with Gasteiger partial charge in [0.2, 0.25) is 0 Å². The lowest BCUT2D eigenvalue weighted by atomic mass is 10.0. The van der Waals surface area contributed by atoms with E-state index in [0.717, 1.165) is 12.2 Å². The highest BCUT2D eigenvalue weighted by Crippen LogP contribution is 2.27. The molecule has 3 heterocycles. The number of hydrogen-bond acceptors (Lipinski definition) is 6. The smallest absolute Gasteiger partial charge is 0.276 e. The predicted molar refractivity (Wildman–Crippen MR) is 95.9 cm³/mol. The molecule has 2 atom stereocenters. The number of likely N-dealkylation sites (N-methyl/N-ethyl adjacent to an activating group) is 1. The summed E-state index contributed by atoms with van der Waals surface area (Å²) in [7, 11) is -3.14. The molecule has 4 rings (SSSR count). The summed E-state index contributed by atoms with van der Waals surface area (Å²) in [5, 5.41) is 8.05. The summed E-state index contributed by atoms with van der Waals surface area (Å²) in [5.74, 6) is -0.117. The van der Waals surface area contributed by atoms with E-state index < -0.39 is 9.84 Å². The van der Waals surface area contributed by atoms with Gasteiger partial charge in [-0.05, 0) is 18.7 Å². The second kappa shape index (κ2) is 6.48. The number of aromatic nitrogens is 3. The largest absolute Gasteiger partial charge is 0.330 e. The molecule has 8 nitrogen and oxygen atoms in total. The zero-order valence-electron chi connectivity index (χ0n) is 14.5. The summed E-state index contributed by atoms with van der Waals surface area (Å²) >= 11 is 0. The normalized spacial score (nSPS) is 25.2. The maximum atomic E-state index is 13.0. The fraction of sp³-hybridized carbons (Fsp3) is 0.471. The zero-order chi connectivity index (χ0) is 18.3. The molecule has 0 saturated carbocycles. The van der Waals surface area contributed by atoms with Crippen molar-refractivity contribution < 1.29 is 13.2 Å². The van der Waals surface area contributed by atoms with Crippen molar-refractivity contribution in [3.63, 3.8) is 0 Å². The van der Waals surface area contributed by atoms with Crippen LogP contribution in [0.5, 0.6) is 0 Å². The fourth-order valence-electron chi connectivity index (χ4n) is 3.89. The monoisotopic (exact) mass is 375 g/mol. The molecule has 2 fully saturated rings. The summed E-state index contributed by atoms with van der Waals surface area (Å²) in [6.07, 6.45) is 1.60. The number of hydrogen-bond donors (Lipinski definition) is 0. The zero-order valence-corrected chi connectivity index (χ0v) is 15.3. The lowest BCUT2D eigenvalue weighted by Crippen LogP contribution is -2.60. The highest BCUT2D eigenvalue weighted by atomic mass is 32.2. The molecule has 1 aromatic carbocycles. The highest BCUT2D eigenvalue weighted by molar-refractivity contribution is 7.91. The molecule has 0 spiro atoms. The Morgan fingerprint density at radius 2 is 1.88 bits per heavy atom. The minimum atomic E-state index is -3.14. The summed E-state index contributed by atoms with van der Waals surface area (Å²) in [6.45, 7) is 3.97. The molecule has 2 aliphatic rings. The number of carbonyl (C=O) groups excluding carboxylic acids is 1. The van der Waals surface area contributed by atoms with Gasteiger partial charge < -0.3 is 4.90 Å². The van der Waals surface area contributed by atoms with Crippen LogP contribution in [0.1, 0.15) is 17.4 Å². The topological polar surface area (TPSA) is 88.4 Å². The Balaban J connectivity index is 1.59. The maximum Gasteiger partial charge on any atom is 0.276 e. The van der Waals surface area contributed by atoms with Gasteiger partial charge in [-0.1, -0.05) is 30.3 Å². The molecule has 138 valence electrons. The van der Waals surface area contributed by atoms with Crippen LogP contribution in [0.25, 0.3) is 5.69 Å². The van der Waals surface area contributed by atoms with E-state index in [1.807, 2.05) is 37.3 Å². The number of para-hydroxylation sites is 1. The number of amides is 1. The quantitative estimate of drug-likeness (QED) is 0.762. The molecule has 2 aliphatic heterocycles. The van der Waals surface area contributed by atoms with Crippen LogP contribution in [-0.4, -0.2) is 82.3 Å². The minimum Gasteiger partial charge on any atom is -0.330 e. The number of piperazine rings is 1. The van der Waals surface area contributed by atoms with Crippen LogP contribution in [0.4, 0.5) is 0 Å². The van der Waals surface area contributed by atoms with E-state index in [1.165, 1.54) is 0 Å². The standard InChI is InChI=1S/C17H21N5O3S/c1-2-20-8-9-21(16-12-26(24,25)11-15(16)20)17(23)14-10-22(19-18-14)13-6-4-3-5-7-13/h3-7,10,15-16H,2,8-9,11-12H2,1H3/t15-,16+/m1/s1. The average molecular weight is 375 g/mol. The van der Waals surface area contributed by atoms with Crippen LogP contribution in [0, 0.1) is 0 Å². The van der Waals surface area contributed by atoms with Crippen LogP contribution in [0.2, 0.25) is 0 Å². The predicted octanol–water partition coefficient (Wildman–Crippen LogP) is 0.211. The van der Waals surface area contributed by atoms with Gasteiger partial charge in [0.25, 0.3) is 5.91 Å². The van der Waals surface area contributed by atoms with Gasteiger partial charge in [-0.15, -0.1) is 5.10 Å². The van der Waals surface area contributed by atoms with E-state index in [0.29, 0.717) is 13.1 Å². The first-order chi connectivity index (χ1) is 12.5. The van der Waals surface area contributed by atoms with Crippen LogP contribution < -0.4 is 0 Å². The number of carbonyl (C=O) groups is 1. The van der Waals surface area contributed by atoms with E-state index >= 15 is 0 Å². The van der Waals surface area contributed by atoms with E-state index in [1.54, 1.807) is 15.8 Å². The molecule has 2 aromatic rings. The Kier molecular flexibility index (Phi) is 4.28. The van der Waals surface area contributed by atoms with Crippen molar-refractivity contribution in [2.24, 2.45) is 0 Å². The third-order valence-corrected chi connectivity index (χ3v) is 6.89. The second-order valence-electron chi connectivity index (χ2n) is 6.72. The van der Waals surface area contributed by atoms with Crippen molar-refractivity contribution in [3.8, 4) is 5.69 Å². The van der Waals surface area contributed by atoms with E-state index in [9.17, 15) is 13.2 Å². The van der Waals surface area contributed by atoms with Gasteiger partial charge >= 0.3 is 0 Å². The number of fused-ring (bicyclic) bond motifs is 1. The molecule has 0 radical (unpaired) electrons. The third kappa shape index (κ3) is 3.01. The van der Waals surface area contributed by atoms with Crippen molar-refractivity contribution in [2.45, 2.75) is 19.0 Å². The Morgan fingerprint density at radius 3 is 2.62 bits per heavy atom. The molecule has 1 amide bonds. The van der Waals surface area contributed by atoms with Crippen molar-refractivity contribution in [1.29, 1.82) is 0 Å². The summed E-state index contributed by atoms with van der Waals surface area (Å²) in [5.41, 5.74) is 1.05. The molecule has 2 saturated heterocycles. The average Bonchev–Trinajstić information content (AvgIpc) is 3.24. The minimum absolute atomic E-state index is 0.0206. The molecular formula is C17H21N5O3S. The number of benzene rings is 1. The molecule has 1 aromatic heterocycles. The fourth-order valence-corrected chi connectivity index (χ4v) is 5.90. The molecular weight excluding hydrogens is 354 g/mol. The van der Waals surface area contributed by atoms with Gasteiger partial charge in [-0.25, -0.2) is 13.1 Å². The first kappa shape index (κ1) is 17.2. The second-order valence-corrected chi connectivity index (χ2v) is 8.88. The number of nitrogens with zero attached hydrogens (tertiary/aromatic N) is 5. The Hall–Kier alpha value is -2.26. The van der Waals surface area contributed by atoms with Crippen molar-refractivity contribution in [1.82, 2.24) is 24.8 Å². The van der Waals surface area contributed by atoms with Gasteiger partial charge in [0.05, 0.1) is 29.4 Å². The van der Waals surface area contributed by atoms with E-state index in [4.69, 9.17) is 0 Å². The van der Waals surface area contributed by atoms with Gasteiger partial charge in [0.15, 0.2) is 15.5 Å². The van der Waals surface area contributed by atoms with Gasteiger partial charge in [0, 0.05) is 19.1 Å². The number of sulfone groups is 1. The lowest BCUT2D eigenvalue weighted by molar-refractivity contribution is 0.0344. The molecule has 9 heteroatoms. The van der Waals surface area contributed by atoms with E-state index in [2.05, 4.69) is 15.2 Å². The van der Waals surface area contributed by atoms with Crippen LogP contribution in [0.3, 0.4) is 0 Å². The summed E-state index contributed by atoms with van der Waals surface area (Å²) < 4.78 is 25.9. The Morgan fingerprint density at radius 1 is 1.15 bits per heavy atom. The SMILES string of the molecule is CCN1CCN(C(=O)c2cn(-c3ccccc3)nn2)[C@H]2CS(=O)(=O)C[C@H]21. The number of rotatable bonds is 3. The van der Waals surface area contributed by atoms with Crippen molar-refractivity contribution in [2.75, 3.05) is 31.1 Å². The van der Waals surface area contributed by atoms with Crippen LogP contribution in [-0.2, 0) is 9.84 Å².